The molecule has 0 aromatic heterocycles. The van der Waals surface area contributed by atoms with Crippen molar-refractivity contribution < 1.29 is 18.3 Å². The van der Waals surface area contributed by atoms with Crippen LogP contribution in [0.5, 0.6) is 0 Å². The molecule has 0 saturated carbocycles. The van der Waals surface area contributed by atoms with Gasteiger partial charge < -0.3 is 5.11 Å². The third-order valence-corrected chi connectivity index (χ3v) is 6.21. The lowest BCUT2D eigenvalue weighted by Gasteiger charge is -2.23. The van der Waals surface area contributed by atoms with Crippen LogP contribution in [0.4, 0.5) is 0 Å². The summed E-state index contributed by atoms with van der Waals surface area (Å²) in [6.07, 6.45) is 0. The van der Waals surface area contributed by atoms with Crippen molar-refractivity contribution in [2.75, 3.05) is 0 Å². The van der Waals surface area contributed by atoms with Gasteiger partial charge in [-0.2, -0.15) is 4.31 Å². The summed E-state index contributed by atoms with van der Waals surface area (Å²) < 4.78 is 28.1. The molecule has 0 radical (unpaired) electrons. The molecule has 3 aromatic rings. The van der Waals surface area contributed by atoms with Crippen molar-refractivity contribution >= 4 is 28.6 Å². The average molecular weight is 414 g/mol. The molecule has 0 aliphatic heterocycles. The Kier molecular flexibility index (Phi) is 6.18. The second-order valence-electron chi connectivity index (χ2n) is 6.27. The van der Waals surface area contributed by atoms with Crippen molar-refractivity contribution in [3.05, 3.63) is 95.6 Å². The fourth-order valence-electron chi connectivity index (χ4n) is 2.80. The molecule has 0 heterocycles. The number of carbonyl (C=O) groups is 1. The molecule has 144 valence electrons. The molecule has 3 aromatic carbocycles. The van der Waals surface area contributed by atoms with Crippen LogP contribution in [0.2, 0.25) is 0 Å². The van der Waals surface area contributed by atoms with E-state index < -0.39 is 16.0 Å². The van der Waals surface area contributed by atoms with Gasteiger partial charge in [-0.15, -0.1) is 12.6 Å². The molecular weight excluding hydrogens is 394 g/mol. The summed E-state index contributed by atoms with van der Waals surface area (Å²) in [6, 6.07) is 22.4. The molecule has 0 aliphatic carbocycles. The van der Waals surface area contributed by atoms with Crippen LogP contribution in [0.25, 0.3) is 0 Å². The van der Waals surface area contributed by atoms with Crippen LogP contribution in [0, 0.1) is 0 Å². The minimum atomic E-state index is -3.95. The van der Waals surface area contributed by atoms with E-state index in [1.54, 1.807) is 0 Å². The normalized spacial score (nSPS) is 11.5. The molecule has 0 spiro atoms. The molecule has 0 amide bonds. The predicted molar refractivity (Wildman–Crippen MR) is 110 cm³/mol. The summed E-state index contributed by atoms with van der Waals surface area (Å²) >= 11 is 4.17. The van der Waals surface area contributed by atoms with Gasteiger partial charge in [0.25, 0.3) is 0 Å². The smallest absolute Gasteiger partial charge is 0.335 e. The van der Waals surface area contributed by atoms with Crippen LogP contribution >= 0.6 is 12.6 Å². The first-order chi connectivity index (χ1) is 13.4. The highest BCUT2D eigenvalue weighted by atomic mass is 32.2. The zero-order valence-electron chi connectivity index (χ0n) is 14.9. The van der Waals surface area contributed by atoms with E-state index in [9.17, 15) is 18.3 Å². The van der Waals surface area contributed by atoms with Gasteiger partial charge in [0.2, 0.25) is 10.0 Å². The summed E-state index contributed by atoms with van der Waals surface area (Å²) in [5.41, 5.74) is 1.55. The fraction of sp³-hybridized carbons (Fsp3) is 0.0952. The highest BCUT2D eigenvalue weighted by Crippen LogP contribution is 2.24. The number of aromatic carboxylic acids is 1. The lowest BCUT2D eigenvalue weighted by atomic mass is 10.2. The quantitative estimate of drug-likeness (QED) is 0.573. The van der Waals surface area contributed by atoms with Gasteiger partial charge >= 0.3 is 5.97 Å². The Morgan fingerprint density at radius 2 is 1.36 bits per heavy atom. The molecule has 0 unspecified atom stereocenters. The van der Waals surface area contributed by atoms with E-state index in [2.05, 4.69) is 12.6 Å². The number of carboxylic acid groups (broad SMARTS) is 1. The van der Waals surface area contributed by atoms with Crippen molar-refractivity contribution in [2.24, 2.45) is 0 Å². The molecular formula is C21H19NO4S2. The SMILES string of the molecule is O=C(O)c1cc(S)cc(S(=O)(=O)N(Cc2ccccc2)Cc2ccccc2)c1. The zero-order valence-corrected chi connectivity index (χ0v) is 16.6. The van der Waals surface area contributed by atoms with E-state index in [0.717, 1.165) is 11.1 Å². The van der Waals surface area contributed by atoms with Crippen LogP contribution in [0.1, 0.15) is 21.5 Å². The largest absolute Gasteiger partial charge is 0.478 e. The Bertz CT molecular complexity index is 1030. The summed E-state index contributed by atoms with van der Waals surface area (Å²) in [5.74, 6) is -1.20. The molecule has 0 atom stereocenters. The Labute approximate surface area is 169 Å². The first-order valence-electron chi connectivity index (χ1n) is 8.51. The number of rotatable bonds is 7. The summed E-state index contributed by atoms with van der Waals surface area (Å²) in [6.45, 7) is 0.328. The van der Waals surface area contributed by atoms with Crippen LogP contribution in [-0.4, -0.2) is 23.8 Å². The van der Waals surface area contributed by atoms with Crippen molar-refractivity contribution in [3.8, 4) is 0 Å². The van der Waals surface area contributed by atoms with Crippen molar-refractivity contribution in [3.63, 3.8) is 0 Å². The molecule has 0 saturated heterocycles. The third-order valence-electron chi connectivity index (χ3n) is 4.18. The molecule has 1 N–H and O–H groups in total. The van der Waals surface area contributed by atoms with Gasteiger partial charge in [0.1, 0.15) is 0 Å². The topological polar surface area (TPSA) is 74.7 Å². The Morgan fingerprint density at radius 1 is 0.857 bits per heavy atom. The number of sulfonamides is 1. The molecule has 0 fully saturated rings. The third kappa shape index (κ3) is 4.81. The van der Waals surface area contributed by atoms with Gasteiger partial charge in [0.15, 0.2) is 0 Å². The van der Waals surface area contributed by atoms with Gasteiger partial charge in [-0.1, -0.05) is 60.7 Å². The van der Waals surface area contributed by atoms with Crippen molar-refractivity contribution in [2.45, 2.75) is 22.9 Å². The number of thiol groups is 1. The number of nitrogens with zero attached hydrogens (tertiary/aromatic N) is 1. The fourth-order valence-corrected chi connectivity index (χ4v) is 4.66. The number of carboxylic acids is 1. The average Bonchev–Trinajstić information content (AvgIpc) is 2.68. The molecule has 0 bridgehead atoms. The maximum atomic E-state index is 13.4. The maximum Gasteiger partial charge on any atom is 0.335 e. The van der Waals surface area contributed by atoms with E-state index in [1.807, 2.05) is 60.7 Å². The van der Waals surface area contributed by atoms with Crippen LogP contribution in [0.15, 0.2) is 88.7 Å². The van der Waals surface area contributed by atoms with Gasteiger partial charge in [0.05, 0.1) is 10.5 Å². The van der Waals surface area contributed by atoms with Crippen LogP contribution < -0.4 is 0 Å². The second-order valence-corrected chi connectivity index (χ2v) is 8.72. The number of benzene rings is 3. The Morgan fingerprint density at radius 3 is 1.82 bits per heavy atom. The monoisotopic (exact) mass is 413 g/mol. The summed E-state index contributed by atoms with van der Waals surface area (Å²) in [4.78, 5) is 11.5. The molecule has 5 nitrogen and oxygen atoms in total. The van der Waals surface area contributed by atoms with Gasteiger partial charge in [-0.3, -0.25) is 0 Å². The van der Waals surface area contributed by atoms with E-state index >= 15 is 0 Å². The molecule has 0 aliphatic rings. The first kappa shape index (κ1) is 20.1. The predicted octanol–water partition coefficient (Wildman–Crippen LogP) is 4.06. The van der Waals surface area contributed by atoms with Crippen LogP contribution in [-0.2, 0) is 23.1 Å². The molecule has 7 heteroatoms. The lowest BCUT2D eigenvalue weighted by Crippen LogP contribution is -2.30. The minimum Gasteiger partial charge on any atom is -0.478 e. The number of hydrogen-bond acceptors (Lipinski definition) is 4. The number of hydrogen-bond donors (Lipinski definition) is 2. The van der Waals surface area contributed by atoms with Gasteiger partial charge in [-0.05, 0) is 29.3 Å². The van der Waals surface area contributed by atoms with Crippen molar-refractivity contribution in [1.29, 1.82) is 0 Å². The lowest BCUT2D eigenvalue weighted by molar-refractivity contribution is 0.0696. The van der Waals surface area contributed by atoms with Gasteiger partial charge in [0, 0.05) is 18.0 Å². The standard InChI is InChI=1S/C21H19NO4S2/c23-21(24)18-11-19(27)13-20(12-18)28(25,26)22(14-16-7-3-1-4-8-16)15-17-9-5-2-6-10-17/h1-13,27H,14-15H2,(H,23,24). The maximum absolute atomic E-state index is 13.4. The summed E-state index contributed by atoms with van der Waals surface area (Å²) in [5, 5.41) is 9.27. The van der Waals surface area contributed by atoms with E-state index in [4.69, 9.17) is 0 Å². The first-order valence-corrected chi connectivity index (χ1v) is 10.4. The highest BCUT2D eigenvalue weighted by molar-refractivity contribution is 7.89. The minimum absolute atomic E-state index is 0.0933. The van der Waals surface area contributed by atoms with E-state index in [0.29, 0.717) is 0 Å². The second kappa shape index (κ2) is 8.60. The van der Waals surface area contributed by atoms with Crippen LogP contribution in [0.3, 0.4) is 0 Å². The van der Waals surface area contributed by atoms with Gasteiger partial charge in [-0.25, -0.2) is 13.2 Å². The summed E-state index contributed by atoms with van der Waals surface area (Å²) in [7, 11) is -3.95. The van der Waals surface area contributed by atoms with E-state index in [1.165, 1.54) is 22.5 Å². The Hall–Kier alpha value is -2.61. The highest BCUT2D eigenvalue weighted by Gasteiger charge is 2.26. The Balaban J connectivity index is 2.03. The zero-order chi connectivity index (χ0) is 20.1. The molecule has 3 rings (SSSR count). The van der Waals surface area contributed by atoms with E-state index in [-0.39, 0.29) is 28.4 Å². The molecule has 28 heavy (non-hydrogen) atoms. The van der Waals surface area contributed by atoms with Crippen molar-refractivity contribution in [1.82, 2.24) is 4.31 Å².